The second-order valence-corrected chi connectivity index (χ2v) is 4.30. The van der Waals surface area contributed by atoms with Crippen LogP contribution in [0.3, 0.4) is 0 Å². The summed E-state index contributed by atoms with van der Waals surface area (Å²) in [6.45, 7) is 6.33. The zero-order chi connectivity index (χ0) is 12.1. The van der Waals surface area contributed by atoms with Gasteiger partial charge in [-0.2, -0.15) is 0 Å². The number of rotatable bonds is 11. The smallest absolute Gasteiger partial charge is 0.305 e. The first-order chi connectivity index (χ1) is 7.81. The second kappa shape index (κ2) is 12.5. The molecular weight excluding hydrogens is 200 g/mol. The molecule has 0 aromatic heterocycles. The minimum Gasteiger partial charge on any atom is -0.466 e. The average molecular weight is 227 g/mol. The van der Waals surface area contributed by atoms with Crippen LogP contribution in [-0.2, 0) is 9.53 Å². The van der Waals surface area contributed by atoms with E-state index in [0.717, 1.165) is 12.8 Å². The Morgan fingerprint density at radius 2 is 1.56 bits per heavy atom. The van der Waals surface area contributed by atoms with Gasteiger partial charge in [0.2, 0.25) is 0 Å². The van der Waals surface area contributed by atoms with Crippen LogP contribution in [0.1, 0.15) is 71.1 Å². The van der Waals surface area contributed by atoms with Crippen molar-refractivity contribution in [2.45, 2.75) is 71.1 Å². The summed E-state index contributed by atoms with van der Waals surface area (Å²) in [5, 5.41) is 0. The molecule has 0 bridgehead atoms. The first-order valence-electron chi connectivity index (χ1n) is 6.76. The highest BCUT2D eigenvalue weighted by atomic mass is 16.5. The number of esters is 1. The van der Waals surface area contributed by atoms with Crippen molar-refractivity contribution < 1.29 is 9.53 Å². The van der Waals surface area contributed by atoms with Crippen molar-refractivity contribution in [1.29, 1.82) is 0 Å². The molecule has 0 N–H and O–H groups in total. The fourth-order valence-corrected chi connectivity index (χ4v) is 1.66. The minimum atomic E-state index is -0.0605. The van der Waals surface area contributed by atoms with Crippen LogP contribution in [0.5, 0.6) is 0 Å². The summed E-state index contributed by atoms with van der Waals surface area (Å²) in [5.41, 5.74) is 0. The molecule has 95 valence electrons. The molecule has 0 aliphatic carbocycles. The van der Waals surface area contributed by atoms with E-state index < -0.39 is 0 Å². The van der Waals surface area contributed by atoms with E-state index in [1.807, 2.05) is 0 Å². The second-order valence-electron chi connectivity index (χ2n) is 4.30. The summed E-state index contributed by atoms with van der Waals surface area (Å²) in [6.07, 6.45) is 11.3. The van der Waals surface area contributed by atoms with E-state index in [1.165, 1.54) is 38.5 Å². The van der Waals surface area contributed by atoms with Crippen molar-refractivity contribution in [2.24, 2.45) is 0 Å². The van der Waals surface area contributed by atoms with E-state index in [1.54, 1.807) is 0 Å². The normalized spacial score (nSPS) is 10.4. The largest absolute Gasteiger partial charge is 0.466 e. The highest BCUT2D eigenvalue weighted by Crippen LogP contribution is 2.09. The van der Waals surface area contributed by atoms with Crippen LogP contribution in [0.15, 0.2) is 0 Å². The molecule has 0 heterocycles. The first-order valence-corrected chi connectivity index (χ1v) is 6.76. The van der Waals surface area contributed by atoms with Gasteiger partial charge in [-0.05, 0) is 19.8 Å². The van der Waals surface area contributed by atoms with Gasteiger partial charge in [-0.15, -0.1) is 0 Å². The van der Waals surface area contributed by atoms with Gasteiger partial charge in [0.05, 0.1) is 6.61 Å². The lowest BCUT2D eigenvalue weighted by Crippen LogP contribution is -2.04. The summed E-state index contributed by atoms with van der Waals surface area (Å²) >= 11 is 0. The third-order valence-electron chi connectivity index (χ3n) is 2.64. The number of unbranched alkanes of at least 4 members (excludes halogenated alkanes) is 7. The summed E-state index contributed by atoms with van der Waals surface area (Å²) in [4.78, 5) is 11.1. The highest BCUT2D eigenvalue weighted by Gasteiger charge is 2.01. The molecule has 0 aliphatic rings. The molecule has 0 atom stereocenters. The lowest BCUT2D eigenvalue weighted by Gasteiger charge is -2.03. The van der Waals surface area contributed by atoms with Gasteiger partial charge in [-0.25, -0.2) is 0 Å². The predicted molar refractivity (Wildman–Crippen MR) is 68.2 cm³/mol. The maximum atomic E-state index is 11.1. The topological polar surface area (TPSA) is 26.3 Å². The van der Waals surface area contributed by atoms with Gasteiger partial charge >= 0.3 is 5.97 Å². The van der Waals surface area contributed by atoms with Crippen molar-refractivity contribution in [3.8, 4) is 0 Å². The Balaban J connectivity index is 3.05. The first kappa shape index (κ1) is 15.5. The standard InChI is InChI=1S/C14H27O2/c1-3-5-6-7-8-9-10-11-12-14(15)16-13-4-2/h2-13H2,1H3. The fourth-order valence-electron chi connectivity index (χ4n) is 1.66. The SMILES string of the molecule is [CH2]CCOC(=O)CCCCCCCCCC. The Morgan fingerprint density at radius 1 is 1.00 bits per heavy atom. The molecule has 0 amide bonds. The molecule has 0 unspecified atom stereocenters. The van der Waals surface area contributed by atoms with Gasteiger partial charge in [0, 0.05) is 6.42 Å². The Hall–Kier alpha value is -0.530. The van der Waals surface area contributed by atoms with Crippen LogP contribution >= 0.6 is 0 Å². The van der Waals surface area contributed by atoms with Crippen LogP contribution < -0.4 is 0 Å². The van der Waals surface area contributed by atoms with Crippen LogP contribution in [-0.4, -0.2) is 12.6 Å². The summed E-state index contributed by atoms with van der Waals surface area (Å²) in [5.74, 6) is -0.0605. The molecule has 2 nitrogen and oxygen atoms in total. The molecule has 0 aromatic rings. The molecule has 0 aromatic carbocycles. The van der Waals surface area contributed by atoms with Gasteiger partial charge in [0.15, 0.2) is 0 Å². The highest BCUT2D eigenvalue weighted by molar-refractivity contribution is 5.69. The lowest BCUT2D eigenvalue weighted by molar-refractivity contribution is -0.143. The molecule has 0 rings (SSSR count). The van der Waals surface area contributed by atoms with Crippen molar-refractivity contribution in [1.82, 2.24) is 0 Å². The number of carbonyl (C=O) groups excluding carboxylic acids is 1. The zero-order valence-corrected chi connectivity index (χ0v) is 10.8. The Labute approximate surface area is 101 Å². The Morgan fingerprint density at radius 3 is 2.12 bits per heavy atom. The van der Waals surface area contributed by atoms with Crippen LogP contribution in [0.2, 0.25) is 0 Å². The van der Waals surface area contributed by atoms with Crippen LogP contribution in [0.25, 0.3) is 0 Å². The van der Waals surface area contributed by atoms with Gasteiger partial charge < -0.3 is 4.74 Å². The molecule has 2 heteroatoms. The van der Waals surface area contributed by atoms with Crippen molar-refractivity contribution in [2.75, 3.05) is 6.61 Å². The molecule has 0 spiro atoms. The molecule has 16 heavy (non-hydrogen) atoms. The van der Waals surface area contributed by atoms with E-state index in [9.17, 15) is 4.79 Å². The van der Waals surface area contributed by atoms with E-state index in [2.05, 4.69) is 13.8 Å². The van der Waals surface area contributed by atoms with E-state index >= 15 is 0 Å². The third-order valence-corrected chi connectivity index (χ3v) is 2.64. The molecular formula is C14H27O2. The van der Waals surface area contributed by atoms with E-state index in [-0.39, 0.29) is 5.97 Å². The van der Waals surface area contributed by atoms with Gasteiger partial charge in [0.1, 0.15) is 0 Å². The number of ether oxygens (including phenoxy) is 1. The average Bonchev–Trinajstić information content (AvgIpc) is 2.30. The Bertz CT molecular complexity index is 155. The Kier molecular flexibility index (Phi) is 12.1. The molecule has 0 aliphatic heterocycles. The molecule has 1 radical (unpaired) electrons. The van der Waals surface area contributed by atoms with Gasteiger partial charge in [-0.1, -0.05) is 51.9 Å². The van der Waals surface area contributed by atoms with Crippen LogP contribution in [0, 0.1) is 6.92 Å². The van der Waals surface area contributed by atoms with Gasteiger partial charge in [-0.3, -0.25) is 4.79 Å². The third kappa shape index (κ3) is 11.5. The monoisotopic (exact) mass is 227 g/mol. The zero-order valence-electron chi connectivity index (χ0n) is 10.8. The maximum Gasteiger partial charge on any atom is 0.305 e. The number of carbonyl (C=O) groups is 1. The molecule has 0 saturated heterocycles. The molecule has 0 saturated carbocycles. The van der Waals surface area contributed by atoms with Gasteiger partial charge in [0.25, 0.3) is 0 Å². The quantitative estimate of drug-likeness (QED) is 0.389. The minimum absolute atomic E-state index is 0.0605. The summed E-state index contributed by atoms with van der Waals surface area (Å²) in [6, 6.07) is 0. The lowest BCUT2D eigenvalue weighted by atomic mass is 10.1. The fraction of sp³-hybridized carbons (Fsp3) is 0.857. The summed E-state index contributed by atoms with van der Waals surface area (Å²) < 4.78 is 4.95. The van der Waals surface area contributed by atoms with E-state index in [4.69, 9.17) is 4.74 Å². The molecule has 0 fully saturated rings. The van der Waals surface area contributed by atoms with Crippen molar-refractivity contribution in [3.63, 3.8) is 0 Å². The number of hydrogen-bond acceptors (Lipinski definition) is 2. The maximum absolute atomic E-state index is 11.1. The van der Waals surface area contributed by atoms with E-state index in [0.29, 0.717) is 19.4 Å². The summed E-state index contributed by atoms with van der Waals surface area (Å²) in [7, 11) is 0. The predicted octanol–water partition coefficient (Wildman–Crippen LogP) is 4.28. The van der Waals surface area contributed by atoms with Crippen molar-refractivity contribution >= 4 is 5.97 Å². The van der Waals surface area contributed by atoms with Crippen LogP contribution in [0.4, 0.5) is 0 Å². The van der Waals surface area contributed by atoms with Crippen molar-refractivity contribution in [3.05, 3.63) is 6.92 Å². The number of hydrogen-bond donors (Lipinski definition) is 0.